The van der Waals surface area contributed by atoms with E-state index in [9.17, 15) is 5.26 Å². The topological polar surface area (TPSA) is 76.6 Å². The van der Waals surface area contributed by atoms with Gasteiger partial charge >= 0.3 is 0 Å². The number of para-hydroxylation sites is 1. The molecule has 3 aromatic rings. The van der Waals surface area contributed by atoms with Crippen LogP contribution in [-0.2, 0) is 0 Å². The molecule has 2 aromatic heterocycles. The van der Waals surface area contributed by atoms with Crippen LogP contribution in [-0.4, -0.2) is 26.6 Å². The van der Waals surface area contributed by atoms with Crippen molar-refractivity contribution in [2.45, 2.75) is 6.92 Å². The molecule has 0 amide bonds. The van der Waals surface area contributed by atoms with E-state index in [0.29, 0.717) is 23.7 Å². The Labute approximate surface area is 115 Å². The Morgan fingerprint density at radius 1 is 1.25 bits per heavy atom. The maximum atomic E-state index is 9.45. The fourth-order valence-corrected chi connectivity index (χ4v) is 2.03. The van der Waals surface area contributed by atoms with E-state index >= 15 is 0 Å². The van der Waals surface area contributed by atoms with Crippen molar-refractivity contribution in [3.8, 4) is 17.6 Å². The average molecular weight is 265 g/mol. The third kappa shape index (κ3) is 1.86. The van der Waals surface area contributed by atoms with Crippen LogP contribution >= 0.6 is 0 Å². The van der Waals surface area contributed by atoms with E-state index in [2.05, 4.69) is 21.3 Å². The standard InChI is InChI=1S/C14H11N5O/c1-2-20-13-10-5-3-4-6-12(10)18-14(11(13)9-15)19-16-7-8-17-19/h3-8H,2H2,1H3. The lowest BCUT2D eigenvalue weighted by Gasteiger charge is -2.12. The van der Waals surface area contributed by atoms with Crippen LogP contribution in [0.5, 0.6) is 5.75 Å². The van der Waals surface area contributed by atoms with Crippen LogP contribution < -0.4 is 4.74 Å². The molecule has 0 unspecified atom stereocenters. The Balaban J connectivity index is 2.38. The number of ether oxygens (including phenoxy) is 1. The second-order valence-electron chi connectivity index (χ2n) is 4.02. The minimum absolute atomic E-state index is 0.335. The van der Waals surface area contributed by atoms with E-state index in [1.54, 1.807) is 12.4 Å². The van der Waals surface area contributed by atoms with Crippen LogP contribution in [0.3, 0.4) is 0 Å². The Bertz CT molecular complexity index is 789. The van der Waals surface area contributed by atoms with E-state index in [1.807, 2.05) is 31.2 Å². The fraction of sp³-hybridized carbons (Fsp3) is 0.143. The smallest absolute Gasteiger partial charge is 0.196 e. The number of rotatable bonds is 3. The zero-order valence-corrected chi connectivity index (χ0v) is 10.8. The SMILES string of the molecule is CCOc1c(C#N)c(-n2nccn2)nc2ccccc12. The molecule has 0 aliphatic heterocycles. The first kappa shape index (κ1) is 12.1. The van der Waals surface area contributed by atoms with Gasteiger partial charge in [-0.2, -0.15) is 15.5 Å². The molecule has 1 aromatic carbocycles. The quantitative estimate of drug-likeness (QED) is 0.724. The van der Waals surface area contributed by atoms with Crippen molar-refractivity contribution in [1.29, 1.82) is 5.26 Å². The molecule has 3 rings (SSSR count). The summed E-state index contributed by atoms with van der Waals surface area (Å²) in [5.74, 6) is 0.896. The van der Waals surface area contributed by atoms with Gasteiger partial charge in [-0.3, -0.25) is 0 Å². The predicted molar refractivity (Wildman–Crippen MR) is 72.5 cm³/mol. The Morgan fingerprint density at radius 2 is 2.00 bits per heavy atom. The maximum Gasteiger partial charge on any atom is 0.196 e. The maximum absolute atomic E-state index is 9.45. The third-order valence-corrected chi connectivity index (χ3v) is 2.83. The summed E-state index contributed by atoms with van der Waals surface area (Å²) >= 11 is 0. The van der Waals surface area contributed by atoms with Crippen molar-refractivity contribution in [2.75, 3.05) is 6.61 Å². The zero-order valence-electron chi connectivity index (χ0n) is 10.8. The number of fused-ring (bicyclic) bond motifs is 1. The van der Waals surface area contributed by atoms with Gasteiger partial charge in [-0.05, 0) is 19.1 Å². The predicted octanol–water partition coefficient (Wildman–Crippen LogP) is 2.09. The van der Waals surface area contributed by atoms with E-state index in [0.717, 1.165) is 10.9 Å². The molecular formula is C14H11N5O. The summed E-state index contributed by atoms with van der Waals surface area (Å²) < 4.78 is 5.65. The van der Waals surface area contributed by atoms with Crippen LogP contribution in [0.4, 0.5) is 0 Å². The summed E-state index contributed by atoms with van der Waals surface area (Å²) in [6.45, 7) is 2.34. The minimum atomic E-state index is 0.335. The molecule has 0 bridgehead atoms. The van der Waals surface area contributed by atoms with Crippen molar-refractivity contribution in [1.82, 2.24) is 20.0 Å². The van der Waals surface area contributed by atoms with Crippen LogP contribution in [0.15, 0.2) is 36.7 Å². The fourth-order valence-electron chi connectivity index (χ4n) is 2.03. The van der Waals surface area contributed by atoms with Gasteiger partial charge in [0.25, 0.3) is 0 Å². The number of nitrogens with zero attached hydrogens (tertiary/aromatic N) is 5. The van der Waals surface area contributed by atoms with Gasteiger partial charge in [0.1, 0.15) is 17.4 Å². The minimum Gasteiger partial charge on any atom is -0.492 e. The van der Waals surface area contributed by atoms with E-state index in [-0.39, 0.29) is 0 Å². The number of aromatic nitrogens is 4. The van der Waals surface area contributed by atoms with Gasteiger partial charge in [0.15, 0.2) is 5.82 Å². The molecule has 0 saturated heterocycles. The summed E-state index contributed by atoms with van der Waals surface area (Å²) in [6.07, 6.45) is 3.08. The molecule has 0 fully saturated rings. The number of hydrogen-bond donors (Lipinski definition) is 0. The van der Waals surface area contributed by atoms with Crippen LogP contribution in [0.1, 0.15) is 12.5 Å². The van der Waals surface area contributed by atoms with Gasteiger partial charge in [0.2, 0.25) is 0 Å². The normalized spacial score (nSPS) is 10.4. The molecular weight excluding hydrogens is 254 g/mol. The van der Waals surface area contributed by atoms with Crippen LogP contribution in [0.2, 0.25) is 0 Å². The first-order valence-corrected chi connectivity index (χ1v) is 6.17. The van der Waals surface area contributed by atoms with E-state index in [1.165, 1.54) is 4.80 Å². The zero-order chi connectivity index (χ0) is 13.9. The van der Waals surface area contributed by atoms with Gasteiger partial charge < -0.3 is 4.74 Å². The highest BCUT2D eigenvalue weighted by atomic mass is 16.5. The largest absolute Gasteiger partial charge is 0.492 e. The summed E-state index contributed by atoms with van der Waals surface area (Å²) in [5, 5.41) is 18.3. The number of hydrogen-bond acceptors (Lipinski definition) is 5. The third-order valence-electron chi connectivity index (χ3n) is 2.83. The summed E-state index contributed by atoms with van der Waals surface area (Å²) in [6, 6.07) is 9.67. The Morgan fingerprint density at radius 3 is 2.70 bits per heavy atom. The molecule has 0 spiro atoms. The molecule has 98 valence electrons. The van der Waals surface area contributed by atoms with Gasteiger partial charge in [0, 0.05) is 5.39 Å². The van der Waals surface area contributed by atoms with Crippen molar-refractivity contribution in [3.63, 3.8) is 0 Å². The Hall–Kier alpha value is -2.94. The van der Waals surface area contributed by atoms with Gasteiger partial charge in [-0.1, -0.05) is 12.1 Å². The highest BCUT2D eigenvalue weighted by Crippen LogP contribution is 2.31. The Kier molecular flexibility index (Phi) is 3.01. The van der Waals surface area contributed by atoms with Gasteiger partial charge in [-0.25, -0.2) is 4.98 Å². The van der Waals surface area contributed by atoms with E-state index < -0.39 is 0 Å². The summed E-state index contributed by atoms with van der Waals surface area (Å²) in [4.78, 5) is 5.79. The lowest BCUT2D eigenvalue weighted by Crippen LogP contribution is -2.07. The van der Waals surface area contributed by atoms with Gasteiger partial charge in [0.05, 0.1) is 24.5 Å². The molecule has 6 nitrogen and oxygen atoms in total. The first-order chi connectivity index (χ1) is 9.85. The summed E-state index contributed by atoms with van der Waals surface area (Å²) in [7, 11) is 0. The lowest BCUT2D eigenvalue weighted by atomic mass is 10.1. The van der Waals surface area contributed by atoms with Crippen LogP contribution in [0.25, 0.3) is 16.7 Å². The molecule has 0 aliphatic carbocycles. The van der Waals surface area contributed by atoms with Gasteiger partial charge in [-0.15, -0.1) is 4.80 Å². The lowest BCUT2D eigenvalue weighted by molar-refractivity contribution is 0.343. The number of pyridine rings is 1. The van der Waals surface area contributed by atoms with Crippen molar-refractivity contribution >= 4 is 10.9 Å². The second-order valence-corrected chi connectivity index (χ2v) is 4.02. The molecule has 20 heavy (non-hydrogen) atoms. The molecule has 2 heterocycles. The van der Waals surface area contributed by atoms with Crippen molar-refractivity contribution in [2.24, 2.45) is 0 Å². The monoisotopic (exact) mass is 265 g/mol. The molecule has 0 saturated carbocycles. The number of benzene rings is 1. The van der Waals surface area contributed by atoms with Crippen LogP contribution in [0, 0.1) is 11.3 Å². The number of nitriles is 1. The van der Waals surface area contributed by atoms with Crippen molar-refractivity contribution < 1.29 is 4.74 Å². The molecule has 0 aliphatic rings. The highest BCUT2D eigenvalue weighted by Gasteiger charge is 2.18. The summed E-state index contributed by atoms with van der Waals surface area (Å²) in [5.41, 5.74) is 1.07. The van der Waals surface area contributed by atoms with Crippen molar-refractivity contribution in [3.05, 3.63) is 42.2 Å². The molecule has 0 atom stereocenters. The van der Waals surface area contributed by atoms with E-state index in [4.69, 9.17) is 4.74 Å². The molecule has 0 N–H and O–H groups in total. The molecule has 0 radical (unpaired) electrons. The highest BCUT2D eigenvalue weighted by molar-refractivity contribution is 5.89. The average Bonchev–Trinajstić information content (AvgIpc) is 3.01. The molecule has 6 heteroatoms. The second kappa shape index (κ2) is 4.97. The first-order valence-electron chi connectivity index (χ1n) is 6.17.